The lowest BCUT2D eigenvalue weighted by atomic mass is 9.74. The molecule has 1 aromatic carbocycles. The molecule has 1 aromatic rings. The Morgan fingerprint density at radius 2 is 2.10 bits per heavy atom. The summed E-state index contributed by atoms with van der Waals surface area (Å²) in [6.45, 7) is 6.05. The van der Waals surface area contributed by atoms with E-state index < -0.39 is 0 Å². The van der Waals surface area contributed by atoms with Crippen LogP contribution < -0.4 is 10.6 Å². The third-order valence-corrected chi connectivity index (χ3v) is 4.70. The molecule has 4 heteroatoms. The minimum Gasteiger partial charge on any atom is -0.325 e. The van der Waals surface area contributed by atoms with Crippen LogP contribution >= 0.6 is 15.9 Å². The molecule has 1 saturated heterocycles. The summed E-state index contributed by atoms with van der Waals surface area (Å²) >= 11 is 3.45. The predicted molar refractivity (Wildman–Crippen MR) is 87.0 cm³/mol. The average Bonchev–Trinajstić information content (AvgIpc) is 2.43. The molecule has 1 aliphatic rings. The van der Waals surface area contributed by atoms with Crippen LogP contribution in [0.2, 0.25) is 0 Å². The standard InChI is InChI=1S/C16H23BrN2O/c1-3-6-16(7-9-18-10-8-16)15(20)19-14-5-4-13(17)11-12(14)2/h4-5,11,18H,3,6-10H2,1-2H3,(H,19,20). The van der Waals surface area contributed by atoms with Crippen LogP contribution in [0.5, 0.6) is 0 Å². The maximum atomic E-state index is 12.8. The fraction of sp³-hybridized carbons (Fsp3) is 0.562. The molecule has 20 heavy (non-hydrogen) atoms. The molecule has 1 aliphatic heterocycles. The Hall–Kier alpha value is -0.870. The van der Waals surface area contributed by atoms with Crippen molar-refractivity contribution >= 4 is 27.5 Å². The Labute approximate surface area is 129 Å². The van der Waals surface area contributed by atoms with Gasteiger partial charge in [-0.3, -0.25) is 4.79 Å². The molecule has 110 valence electrons. The van der Waals surface area contributed by atoms with E-state index in [-0.39, 0.29) is 11.3 Å². The molecular weight excluding hydrogens is 316 g/mol. The normalized spacial score (nSPS) is 17.8. The lowest BCUT2D eigenvalue weighted by Gasteiger charge is -2.36. The van der Waals surface area contributed by atoms with Gasteiger partial charge in [0.05, 0.1) is 5.41 Å². The summed E-state index contributed by atoms with van der Waals surface area (Å²) in [5, 5.41) is 6.49. The van der Waals surface area contributed by atoms with Crippen LogP contribution in [0.1, 0.15) is 38.2 Å². The predicted octanol–water partition coefficient (Wildman–Crippen LogP) is 3.87. The maximum Gasteiger partial charge on any atom is 0.230 e. The first kappa shape index (κ1) is 15.5. The van der Waals surface area contributed by atoms with Crippen molar-refractivity contribution in [2.24, 2.45) is 5.41 Å². The molecule has 0 spiro atoms. The van der Waals surface area contributed by atoms with Gasteiger partial charge in [0.1, 0.15) is 0 Å². The van der Waals surface area contributed by atoms with E-state index in [1.165, 1.54) is 0 Å². The third kappa shape index (κ3) is 3.41. The quantitative estimate of drug-likeness (QED) is 0.874. The van der Waals surface area contributed by atoms with Crippen LogP contribution in [0.15, 0.2) is 22.7 Å². The lowest BCUT2D eigenvalue weighted by Crippen LogP contribution is -2.44. The Balaban J connectivity index is 2.15. The number of anilines is 1. The second-order valence-corrected chi connectivity index (χ2v) is 6.61. The highest BCUT2D eigenvalue weighted by molar-refractivity contribution is 9.10. The average molecular weight is 339 g/mol. The first-order chi connectivity index (χ1) is 9.57. The van der Waals surface area contributed by atoms with E-state index >= 15 is 0 Å². The van der Waals surface area contributed by atoms with Crippen molar-refractivity contribution in [1.82, 2.24) is 5.32 Å². The zero-order valence-corrected chi connectivity index (χ0v) is 13.8. The van der Waals surface area contributed by atoms with Crippen molar-refractivity contribution in [3.63, 3.8) is 0 Å². The van der Waals surface area contributed by atoms with E-state index in [1.807, 2.05) is 25.1 Å². The van der Waals surface area contributed by atoms with Gasteiger partial charge >= 0.3 is 0 Å². The van der Waals surface area contributed by atoms with Gasteiger partial charge in [0.25, 0.3) is 0 Å². The molecule has 0 atom stereocenters. The molecule has 3 nitrogen and oxygen atoms in total. The van der Waals surface area contributed by atoms with Crippen LogP contribution in [-0.4, -0.2) is 19.0 Å². The lowest BCUT2D eigenvalue weighted by molar-refractivity contribution is -0.127. The summed E-state index contributed by atoms with van der Waals surface area (Å²) in [5.74, 6) is 0.186. The van der Waals surface area contributed by atoms with E-state index in [0.29, 0.717) is 0 Å². The van der Waals surface area contributed by atoms with Gasteiger partial charge in [-0.15, -0.1) is 0 Å². The Bertz CT molecular complexity index is 476. The highest BCUT2D eigenvalue weighted by Crippen LogP contribution is 2.35. The van der Waals surface area contributed by atoms with Gasteiger partial charge in [-0.2, -0.15) is 0 Å². The number of piperidine rings is 1. The fourth-order valence-corrected chi connectivity index (χ4v) is 3.47. The number of carbonyl (C=O) groups is 1. The second-order valence-electron chi connectivity index (χ2n) is 5.69. The monoisotopic (exact) mass is 338 g/mol. The van der Waals surface area contributed by atoms with E-state index in [0.717, 1.165) is 54.5 Å². The molecule has 1 amide bonds. The van der Waals surface area contributed by atoms with E-state index in [9.17, 15) is 4.79 Å². The largest absolute Gasteiger partial charge is 0.325 e. The Morgan fingerprint density at radius 3 is 2.70 bits per heavy atom. The summed E-state index contributed by atoms with van der Waals surface area (Å²) in [4.78, 5) is 12.8. The van der Waals surface area contributed by atoms with E-state index in [2.05, 4.69) is 33.5 Å². The summed E-state index contributed by atoms with van der Waals surface area (Å²) in [6.07, 6.45) is 3.88. The number of carbonyl (C=O) groups excluding carboxylic acids is 1. The molecule has 1 fully saturated rings. The molecule has 0 saturated carbocycles. The Morgan fingerprint density at radius 1 is 1.40 bits per heavy atom. The van der Waals surface area contributed by atoms with Crippen molar-refractivity contribution in [3.05, 3.63) is 28.2 Å². The van der Waals surface area contributed by atoms with Crippen LogP contribution in [0.4, 0.5) is 5.69 Å². The van der Waals surface area contributed by atoms with Crippen LogP contribution in [0.3, 0.4) is 0 Å². The number of hydrogen-bond acceptors (Lipinski definition) is 2. The van der Waals surface area contributed by atoms with E-state index in [1.54, 1.807) is 0 Å². The zero-order chi connectivity index (χ0) is 14.6. The zero-order valence-electron chi connectivity index (χ0n) is 12.3. The molecule has 0 bridgehead atoms. The first-order valence-electron chi connectivity index (χ1n) is 7.36. The second kappa shape index (κ2) is 6.72. The van der Waals surface area contributed by atoms with E-state index in [4.69, 9.17) is 0 Å². The molecule has 0 aromatic heterocycles. The highest BCUT2D eigenvalue weighted by Gasteiger charge is 2.38. The van der Waals surface area contributed by atoms with Crippen molar-refractivity contribution in [1.29, 1.82) is 0 Å². The van der Waals surface area contributed by atoms with Gasteiger partial charge < -0.3 is 10.6 Å². The number of nitrogens with one attached hydrogen (secondary N) is 2. The van der Waals surface area contributed by atoms with Gasteiger partial charge in [0.2, 0.25) is 5.91 Å². The Kier molecular flexibility index (Phi) is 5.22. The third-order valence-electron chi connectivity index (χ3n) is 4.21. The van der Waals surface area contributed by atoms with Crippen molar-refractivity contribution in [2.75, 3.05) is 18.4 Å². The topological polar surface area (TPSA) is 41.1 Å². The number of aryl methyl sites for hydroxylation is 1. The van der Waals surface area contributed by atoms with Gasteiger partial charge in [0, 0.05) is 10.2 Å². The molecule has 2 N–H and O–H groups in total. The first-order valence-corrected chi connectivity index (χ1v) is 8.15. The number of rotatable bonds is 4. The van der Waals surface area contributed by atoms with Crippen LogP contribution in [0, 0.1) is 12.3 Å². The molecule has 1 heterocycles. The molecular formula is C16H23BrN2O. The van der Waals surface area contributed by atoms with Gasteiger partial charge in [-0.25, -0.2) is 0 Å². The summed E-state index contributed by atoms with van der Waals surface area (Å²) in [7, 11) is 0. The number of amides is 1. The fourth-order valence-electron chi connectivity index (χ4n) is 3.00. The molecule has 2 rings (SSSR count). The highest BCUT2D eigenvalue weighted by atomic mass is 79.9. The number of halogens is 1. The summed E-state index contributed by atoms with van der Waals surface area (Å²) in [6, 6.07) is 5.97. The van der Waals surface area contributed by atoms with Crippen LogP contribution in [-0.2, 0) is 4.79 Å². The minimum absolute atomic E-state index is 0.186. The SMILES string of the molecule is CCCC1(C(=O)Nc2ccc(Br)cc2C)CCNCC1. The maximum absolute atomic E-state index is 12.8. The smallest absolute Gasteiger partial charge is 0.230 e. The minimum atomic E-state index is -0.195. The number of hydrogen-bond donors (Lipinski definition) is 2. The summed E-state index contributed by atoms with van der Waals surface area (Å²) < 4.78 is 1.04. The molecule has 0 unspecified atom stereocenters. The van der Waals surface area contributed by atoms with Crippen molar-refractivity contribution in [2.45, 2.75) is 39.5 Å². The molecule has 0 aliphatic carbocycles. The summed E-state index contributed by atoms with van der Waals surface area (Å²) in [5.41, 5.74) is 1.82. The van der Waals surface area contributed by atoms with Crippen LogP contribution in [0.25, 0.3) is 0 Å². The van der Waals surface area contributed by atoms with Gasteiger partial charge in [0.15, 0.2) is 0 Å². The van der Waals surface area contributed by atoms with Crippen molar-refractivity contribution < 1.29 is 4.79 Å². The number of benzene rings is 1. The van der Waals surface area contributed by atoms with Crippen molar-refractivity contribution in [3.8, 4) is 0 Å². The molecule has 0 radical (unpaired) electrons. The van der Waals surface area contributed by atoms with Gasteiger partial charge in [-0.05, 0) is 63.0 Å². The van der Waals surface area contributed by atoms with Gasteiger partial charge in [-0.1, -0.05) is 29.3 Å².